The molecule has 0 aliphatic carbocycles. The molecule has 0 amide bonds. The molecule has 2 aromatic carbocycles. The summed E-state index contributed by atoms with van der Waals surface area (Å²) in [4.78, 5) is 16.5. The van der Waals surface area contributed by atoms with Gasteiger partial charge in [-0.1, -0.05) is 31.2 Å². The fraction of sp³-hybridized carbons (Fsp3) is 0.300. The Morgan fingerprint density at radius 3 is 2.56 bits per heavy atom. The van der Waals surface area contributed by atoms with Crippen LogP contribution in [0, 0.1) is 0 Å². The summed E-state index contributed by atoms with van der Waals surface area (Å²) in [5.74, 6) is 1.21. The fourth-order valence-corrected chi connectivity index (χ4v) is 2.72. The van der Waals surface area contributed by atoms with E-state index in [9.17, 15) is 4.79 Å². The number of nitrogens with zero attached hydrogens (tertiary/aromatic N) is 2. The van der Waals surface area contributed by atoms with Crippen LogP contribution in [0.5, 0.6) is 5.75 Å². The third-order valence-electron chi connectivity index (χ3n) is 4.03. The van der Waals surface area contributed by atoms with E-state index < -0.39 is 0 Å². The summed E-state index contributed by atoms with van der Waals surface area (Å²) in [7, 11) is 0. The van der Waals surface area contributed by atoms with Crippen LogP contribution in [0.3, 0.4) is 0 Å². The minimum Gasteiger partial charge on any atom is -0.486 e. The third kappa shape index (κ3) is 3.99. The van der Waals surface area contributed by atoms with Crippen LogP contribution in [0.25, 0.3) is 11.0 Å². The van der Waals surface area contributed by atoms with Crippen LogP contribution in [0.15, 0.2) is 48.5 Å². The van der Waals surface area contributed by atoms with Crippen molar-refractivity contribution in [3.8, 4) is 5.75 Å². The van der Waals surface area contributed by atoms with E-state index in [0.29, 0.717) is 19.0 Å². The van der Waals surface area contributed by atoms with Crippen LogP contribution in [-0.4, -0.2) is 22.1 Å². The second-order valence-electron chi connectivity index (χ2n) is 5.69. The molecule has 5 nitrogen and oxygen atoms in total. The van der Waals surface area contributed by atoms with Gasteiger partial charge in [0.25, 0.3) is 0 Å². The van der Waals surface area contributed by atoms with Crippen LogP contribution < -0.4 is 4.74 Å². The average Bonchev–Trinajstić information content (AvgIpc) is 2.98. The number of imidazole rings is 1. The SMILES string of the molecule is CCOC(=O)Cn1c(COc2ccc(CC)cc2)nc2ccccc21. The smallest absolute Gasteiger partial charge is 0.326 e. The molecule has 3 aromatic rings. The van der Waals surface area contributed by atoms with Gasteiger partial charge in [-0.15, -0.1) is 0 Å². The lowest BCUT2D eigenvalue weighted by Crippen LogP contribution is -2.16. The van der Waals surface area contributed by atoms with Crippen LogP contribution in [0.4, 0.5) is 0 Å². The maximum Gasteiger partial charge on any atom is 0.326 e. The fourth-order valence-electron chi connectivity index (χ4n) is 2.72. The lowest BCUT2D eigenvalue weighted by molar-refractivity contribution is -0.143. The first-order valence-corrected chi connectivity index (χ1v) is 8.52. The molecule has 5 heteroatoms. The maximum atomic E-state index is 11.9. The van der Waals surface area contributed by atoms with Gasteiger partial charge in [-0.25, -0.2) is 4.98 Å². The summed E-state index contributed by atoms with van der Waals surface area (Å²) in [5.41, 5.74) is 3.00. The Morgan fingerprint density at radius 2 is 1.84 bits per heavy atom. The number of hydrogen-bond acceptors (Lipinski definition) is 4. The van der Waals surface area contributed by atoms with E-state index in [1.54, 1.807) is 6.92 Å². The van der Waals surface area contributed by atoms with Crippen molar-refractivity contribution in [2.45, 2.75) is 33.4 Å². The number of para-hydroxylation sites is 2. The van der Waals surface area contributed by atoms with Crippen molar-refractivity contribution in [2.75, 3.05) is 6.61 Å². The van der Waals surface area contributed by atoms with E-state index in [0.717, 1.165) is 23.2 Å². The van der Waals surface area contributed by atoms with Gasteiger partial charge in [0.1, 0.15) is 24.7 Å². The second kappa shape index (κ2) is 7.83. The summed E-state index contributed by atoms with van der Waals surface area (Å²) in [6.45, 7) is 4.70. The van der Waals surface area contributed by atoms with Crippen molar-refractivity contribution < 1.29 is 14.3 Å². The molecule has 25 heavy (non-hydrogen) atoms. The molecule has 0 N–H and O–H groups in total. The Hall–Kier alpha value is -2.82. The van der Waals surface area contributed by atoms with Crippen molar-refractivity contribution in [2.24, 2.45) is 0 Å². The molecule has 0 unspecified atom stereocenters. The zero-order chi connectivity index (χ0) is 17.6. The van der Waals surface area contributed by atoms with Crippen LogP contribution >= 0.6 is 0 Å². The number of rotatable bonds is 7. The van der Waals surface area contributed by atoms with Gasteiger partial charge < -0.3 is 14.0 Å². The zero-order valence-electron chi connectivity index (χ0n) is 14.6. The molecule has 3 rings (SSSR count). The van der Waals surface area contributed by atoms with Crippen LogP contribution in [0.1, 0.15) is 25.2 Å². The standard InChI is InChI=1S/C20H22N2O3/c1-3-15-9-11-16(12-10-15)25-14-19-21-17-7-5-6-8-18(17)22(19)13-20(23)24-4-2/h5-12H,3-4,13-14H2,1-2H3. The number of fused-ring (bicyclic) bond motifs is 1. The zero-order valence-corrected chi connectivity index (χ0v) is 14.6. The Morgan fingerprint density at radius 1 is 1.08 bits per heavy atom. The second-order valence-corrected chi connectivity index (χ2v) is 5.69. The van der Waals surface area contributed by atoms with Gasteiger partial charge in [-0.3, -0.25) is 4.79 Å². The summed E-state index contributed by atoms with van der Waals surface area (Å²) in [5, 5.41) is 0. The molecule has 0 spiro atoms. The Kier molecular flexibility index (Phi) is 5.33. The lowest BCUT2D eigenvalue weighted by atomic mass is 10.2. The normalized spacial score (nSPS) is 10.8. The number of hydrogen-bond donors (Lipinski definition) is 0. The number of aryl methyl sites for hydroxylation is 1. The van der Waals surface area contributed by atoms with E-state index in [-0.39, 0.29) is 12.5 Å². The van der Waals surface area contributed by atoms with Gasteiger partial charge in [0.05, 0.1) is 17.6 Å². The first-order valence-electron chi connectivity index (χ1n) is 8.52. The molecule has 0 aliphatic heterocycles. The molecule has 0 radical (unpaired) electrons. The molecule has 1 aromatic heterocycles. The van der Waals surface area contributed by atoms with Gasteiger partial charge in [-0.2, -0.15) is 0 Å². The number of ether oxygens (including phenoxy) is 2. The van der Waals surface area contributed by atoms with Crippen molar-refractivity contribution in [3.05, 3.63) is 59.9 Å². The highest BCUT2D eigenvalue weighted by molar-refractivity contribution is 5.78. The van der Waals surface area contributed by atoms with Gasteiger partial charge in [-0.05, 0) is 43.2 Å². The van der Waals surface area contributed by atoms with E-state index in [4.69, 9.17) is 9.47 Å². The number of esters is 1. The topological polar surface area (TPSA) is 53.4 Å². The minimum absolute atomic E-state index is 0.127. The minimum atomic E-state index is -0.279. The summed E-state index contributed by atoms with van der Waals surface area (Å²) in [6.07, 6.45) is 0.996. The highest BCUT2D eigenvalue weighted by Gasteiger charge is 2.14. The quantitative estimate of drug-likeness (QED) is 0.616. The molecule has 130 valence electrons. The Balaban J connectivity index is 1.82. The van der Waals surface area contributed by atoms with E-state index in [1.807, 2.05) is 41.0 Å². The lowest BCUT2D eigenvalue weighted by Gasteiger charge is -2.10. The van der Waals surface area contributed by atoms with E-state index >= 15 is 0 Å². The average molecular weight is 338 g/mol. The van der Waals surface area contributed by atoms with Gasteiger partial charge in [0.2, 0.25) is 0 Å². The highest BCUT2D eigenvalue weighted by Crippen LogP contribution is 2.19. The van der Waals surface area contributed by atoms with Crippen molar-refractivity contribution in [3.63, 3.8) is 0 Å². The Bertz CT molecular complexity index is 853. The maximum absolute atomic E-state index is 11.9. The van der Waals surface area contributed by atoms with Gasteiger partial charge in [0.15, 0.2) is 0 Å². The molecular weight excluding hydrogens is 316 g/mol. The number of aromatic nitrogens is 2. The molecular formula is C20H22N2O3. The van der Waals surface area contributed by atoms with Crippen molar-refractivity contribution >= 4 is 17.0 Å². The molecule has 1 heterocycles. The number of carbonyl (C=O) groups is 1. The van der Waals surface area contributed by atoms with E-state index in [1.165, 1.54) is 5.56 Å². The number of carbonyl (C=O) groups excluding carboxylic acids is 1. The van der Waals surface area contributed by atoms with Gasteiger partial charge in [0, 0.05) is 0 Å². The molecule has 0 atom stereocenters. The molecule has 0 aliphatic rings. The largest absolute Gasteiger partial charge is 0.486 e. The monoisotopic (exact) mass is 338 g/mol. The molecule has 0 fully saturated rings. The van der Waals surface area contributed by atoms with E-state index in [2.05, 4.69) is 24.0 Å². The predicted molar refractivity (Wildman–Crippen MR) is 96.5 cm³/mol. The first-order chi connectivity index (χ1) is 12.2. The molecule has 0 saturated carbocycles. The Labute approximate surface area is 147 Å². The van der Waals surface area contributed by atoms with Crippen molar-refractivity contribution in [1.29, 1.82) is 0 Å². The summed E-state index contributed by atoms with van der Waals surface area (Å²) >= 11 is 0. The number of benzene rings is 2. The molecule has 0 saturated heterocycles. The predicted octanol–water partition coefficient (Wildman–Crippen LogP) is 3.74. The third-order valence-corrected chi connectivity index (χ3v) is 4.03. The highest BCUT2D eigenvalue weighted by atomic mass is 16.5. The van der Waals surface area contributed by atoms with Crippen LogP contribution in [0.2, 0.25) is 0 Å². The first kappa shape index (κ1) is 17.0. The van der Waals surface area contributed by atoms with Crippen molar-refractivity contribution in [1.82, 2.24) is 9.55 Å². The van der Waals surface area contributed by atoms with Gasteiger partial charge >= 0.3 is 5.97 Å². The molecule has 0 bridgehead atoms. The summed E-state index contributed by atoms with van der Waals surface area (Å²) in [6, 6.07) is 15.7. The summed E-state index contributed by atoms with van der Waals surface area (Å²) < 4.78 is 12.8. The van der Waals surface area contributed by atoms with Crippen LogP contribution in [-0.2, 0) is 29.1 Å².